The Labute approximate surface area is 111 Å². The predicted molar refractivity (Wildman–Crippen MR) is 76.2 cm³/mol. The average molecular weight is 265 g/mol. The molecule has 2 N–H and O–H groups in total. The van der Waals surface area contributed by atoms with E-state index < -0.39 is 0 Å². The molecule has 1 atom stereocenters. The first kappa shape index (κ1) is 13.1. The molecular formula is C14H17ClN2O. The highest BCUT2D eigenvalue weighted by molar-refractivity contribution is 6.35. The van der Waals surface area contributed by atoms with Gasteiger partial charge in [-0.15, -0.1) is 0 Å². The maximum absolute atomic E-state index is 12.5. The van der Waals surface area contributed by atoms with Crippen molar-refractivity contribution < 1.29 is 0 Å². The molecular weight excluding hydrogens is 248 g/mol. The fourth-order valence-corrected chi connectivity index (χ4v) is 2.50. The third kappa shape index (κ3) is 2.04. The van der Waals surface area contributed by atoms with Gasteiger partial charge in [0.05, 0.1) is 10.4 Å². The van der Waals surface area contributed by atoms with Gasteiger partial charge >= 0.3 is 0 Å². The second-order valence-corrected chi connectivity index (χ2v) is 5.24. The van der Waals surface area contributed by atoms with Gasteiger partial charge in [0.25, 0.3) is 5.56 Å². The number of fused-ring (bicyclic) bond motifs is 1. The molecule has 0 radical (unpaired) electrons. The zero-order valence-electron chi connectivity index (χ0n) is 10.8. The van der Waals surface area contributed by atoms with E-state index in [1.54, 1.807) is 10.6 Å². The SMILES string of the molecule is CC(C)n1c([C@H](C)N)cc2cccc(Cl)c2c1=O. The van der Waals surface area contributed by atoms with E-state index in [1.807, 2.05) is 39.0 Å². The van der Waals surface area contributed by atoms with Gasteiger partial charge in [0, 0.05) is 17.8 Å². The Morgan fingerprint density at radius 2 is 1.94 bits per heavy atom. The standard InChI is InChI=1S/C14H17ClN2O/c1-8(2)17-12(9(3)16)7-10-5-4-6-11(15)13(10)14(17)18/h4-9H,16H2,1-3H3/t9-/m0/s1. The third-order valence-corrected chi connectivity index (χ3v) is 3.36. The van der Waals surface area contributed by atoms with Crippen molar-refractivity contribution in [3.8, 4) is 0 Å². The van der Waals surface area contributed by atoms with Crippen LogP contribution in [-0.2, 0) is 0 Å². The number of nitrogens with two attached hydrogens (primary N) is 1. The molecule has 0 fully saturated rings. The summed E-state index contributed by atoms with van der Waals surface area (Å²) < 4.78 is 1.72. The Balaban J connectivity index is 2.96. The fourth-order valence-electron chi connectivity index (χ4n) is 2.24. The zero-order chi connectivity index (χ0) is 13.4. The van der Waals surface area contributed by atoms with Gasteiger partial charge in [-0.25, -0.2) is 0 Å². The van der Waals surface area contributed by atoms with Crippen molar-refractivity contribution in [1.82, 2.24) is 4.57 Å². The van der Waals surface area contributed by atoms with Crippen LogP contribution in [0.25, 0.3) is 10.8 Å². The van der Waals surface area contributed by atoms with E-state index in [0.29, 0.717) is 10.4 Å². The van der Waals surface area contributed by atoms with Crippen molar-refractivity contribution in [2.45, 2.75) is 32.9 Å². The number of nitrogens with zero attached hydrogens (tertiary/aromatic N) is 1. The first-order chi connectivity index (χ1) is 8.43. The van der Waals surface area contributed by atoms with E-state index >= 15 is 0 Å². The normalized spacial score (nSPS) is 13.2. The molecule has 2 rings (SSSR count). The van der Waals surface area contributed by atoms with E-state index in [4.69, 9.17) is 17.3 Å². The Hall–Kier alpha value is -1.32. The summed E-state index contributed by atoms with van der Waals surface area (Å²) in [5, 5.41) is 1.90. The second-order valence-electron chi connectivity index (χ2n) is 4.83. The topological polar surface area (TPSA) is 48.0 Å². The van der Waals surface area contributed by atoms with Gasteiger partial charge in [-0.2, -0.15) is 0 Å². The fraction of sp³-hybridized carbons (Fsp3) is 0.357. The van der Waals surface area contributed by atoms with Crippen LogP contribution in [0, 0.1) is 0 Å². The van der Waals surface area contributed by atoms with Crippen LogP contribution in [0.5, 0.6) is 0 Å². The van der Waals surface area contributed by atoms with Gasteiger partial charge in [0.15, 0.2) is 0 Å². The number of rotatable bonds is 2. The number of hydrogen-bond donors (Lipinski definition) is 1. The van der Waals surface area contributed by atoms with Gasteiger partial charge in [0.2, 0.25) is 0 Å². The molecule has 96 valence electrons. The lowest BCUT2D eigenvalue weighted by molar-refractivity contribution is 0.534. The van der Waals surface area contributed by atoms with E-state index in [2.05, 4.69) is 0 Å². The zero-order valence-corrected chi connectivity index (χ0v) is 11.5. The highest BCUT2D eigenvalue weighted by Gasteiger charge is 2.15. The van der Waals surface area contributed by atoms with Gasteiger partial charge in [-0.05, 0) is 38.3 Å². The minimum Gasteiger partial charge on any atom is -0.323 e. The summed E-state index contributed by atoms with van der Waals surface area (Å²) in [5.74, 6) is 0. The molecule has 0 spiro atoms. The van der Waals surface area contributed by atoms with Gasteiger partial charge in [-0.3, -0.25) is 4.79 Å². The van der Waals surface area contributed by atoms with Gasteiger partial charge < -0.3 is 10.3 Å². The molecule has 1 aromatic carbocycles. The Bertz CT molecular complexity index is 644. The summed E-state index contributed by atoms with van der Waals surface area (Å²) in [7, 11) is 0. The molecule has 0 saturated heterocycles. The first-order valence-electron chi connectivity index (χ1n) is 6.02. The second kappa shape index (κ2) is 4.75. The van der Waals surface area contributed by atoms with E-state index in [-0.39, 0.29) is 17.6 Å². The minimum atomic E-state index is -0.191. The highest BCUT2D eigenvalue weighted by Crippen LogP contribution is 2.24. The summed E-state index contributed by atoms with van der Waals surface area (Å²) in [6.07, 6.45) is 0. The Kier molecular flexibility index (Phi) is 3.46. The molecule has 3 nitrogen and oxygen atoms in total. The monoisotopic (exact) mass is 264 g/mol. The molecule has 0 bridgehead atoms. The summed E-state index contributed by atoms with van der Waals surface area (Å²) >= 11 is 6.13. The van der Waals surface area contributed by atoms with Crippen LogP contribution in [0.2, 0.25) is 5.02 Å². The lowest BCUT2D eigenvalue weighted by Crippen LogP contribution is -2.28. The van der Waals surface area contributed by atoms with E-state index in [9.17, 15) is 4.79 Å². The lowest BCUT2D eigenvalue weighted by atomic mass is 10.1. The minimum absolute atomic E-state index is 0.0548. The smallest absolute Gasteiger partial charge is 0.260 e. The molecule has 0 saturated carbocycles. The highest BCUT2D eigenvalue weighted by atomic mass is 35.5. The Morgan fingerprint density at radius 1 is 1.28 bits per heavy atom. The molecule has 1 aromatic heterocycles. The lowest BCUT2D eigenvalue weighted by Gasteiger charge is -2.20. The van der Waals surface area contributed by atoms with Crippen molar-refractivity contribution in [1.29, 1.82) is 0 Å². The van der Waals surface area contributed by atoms with Crippen molar-refractivity contribution in [3.05, 3.63) is 45.3 Å². The van der Waals surface area contributed by atoms with Crippen LogP contribution in [-0.4, -0.2) is 4.57 Å². The number of aromatic nitrogens is 1. The summed E-state index contributed by atoms with van der Waals surface area (Å²) in [4.78, 5) is 12.5. The molecule has 0 amide bonds. The van der Waals surface area contributed by atoms with Crippen LogP contribution in [0.3, 0.4) is 0 Å². The van der Waals surface area contributed by atoms with Gasteiger partial charge in [0.1, 0.15) is 0 Å². The largest absolute Gasteiger partial charge is 0.323 e. The number of pyridine rings is 1. The number of halogens is 1. The van der Waals surface area contributed by atoms with Crippen LogP contribution in [0.4, 0.5) is 0 Å². The maximum Gasteiger partial charge on any atom is 0.260 e. The summed E-state index contributed by atoms with van der Waals surface area (Å²) in [5.41, 5.74) is 6.73. The van der Waals surface area contributed by atoms with Crippen molar-refractivity contribution in [3.63, 3.8) is 0 Å². The van der Waals surface area contributed by atoms with Gasteiger partial charge in [-0.1, -0.05) is 23.7 Å². The van der Waals surface area contributed by atoms with Crippen LogP contribution >= 0.6 is 11.6 Å². The van der Waals surface area contributed by atoms with Crippen LogP contribution < -0.4 is 11.3 Å². The summed E-state index contributed by atoms with van der Waals surface area (Å²) in [6.45, 7) is 5.82. The number of hydrogen-bond acceptors (Lipinski definition) is 2. The third-order valence-electron chi connectivity index (χ3n) is 3.04. The molecule has 18 heavy (non-hydrogen) atoms. The molecule has 0 unspecified atom stereocenters. The molecule has 0 aliphatic carbocycles. The van der Waals surface area contributed by atoms with Crippen molar-refractivity contribution in [2.24, 2.45) is 5.73 Å². The van der Waals surface area contributed by atoms with Crippen LogP contribution in [0.15, 0.2) is 29.1 Å². The van der Waals surface area contributed by atoms with E-state index in [1.165, 1.54) is 0 Å². The van der Waals surface area contributed by atoms with E-state index in [0.717, 1.165) is 11.1 Å². The quantitative estimate of drug-likeness (QED) is 0.905. The Morgan fingerprint density at radius 3 is 2.50 bits per heavy atom. The van der Waals surface area contributed by atoms with Crippen molar-refractivity contribution >= 4 is 22.4 Å². The summed E-state index contributed by atoms with van der Waals surface area (Å²) in [6, 6.07) is 7.28. The van der Waals surface area contributed by atoms with Crippen LogP contribution in [0.1, 0.15) is 38.5 Å². The number of benzene rings is 1. The van der Waals surface area contributed by atoms with Crippen molar-refractivity contribution in [2.75, 3.05) is 0 Å². The average Bonchev–Trinajstić information content (AvgIpc) is 2.27. The first-order valence-corrected chi connectivity index (χ1v) is 6.40. The molecule has 0 aliphatic heterocycles. The maximum atomic E-state index is 12.5. The molecule has 4 heteroatoms. The molecule has 2 aromatic rings. The molecule has 0 aliphatic rings. The predicted octanol–water partition coefficient (Wildman–Crippen LogP) is 3.26. The molecule has 1 heterocycles.